The minimum absolute atomic E-state index is 0.100. The van der Waals surface area contributed by atoms with E-state index in [2.05, 4.69) is 64.4 Å². The van der Waals surface area contributed by atoms with Gasteiger partial charge in [0, 0.05) is 12.1 Å². The molecule has 0 unspecified atom stereocenters. The number of hydrogen-bond acceptors (Lipinski definition) is 2. The van der Waals surface area contributed by atoms with Gasteiger partial charge < -0.3 is 15.0 Å². The lowest BCUT2D eigenvalue weighted by Crippen LogP contribution is -3.04. The van der Waals surface area contributed by atoms with Crippen LogP contribution in [-0.2, 0) is 23.3 Å². The van der Waals surface area contributed by atoms with Crippen LogP contribution >= 0.6 is 0 Å². The maximum Gasteiger partial charge on any atom is 0.261 e. The third-order valence-corrected chi connectivity index (χ3v) is 4.52. The highest BCUT2D eigenvalue weighted by Gasteiger charge is 2.17. The van der Waals surface area contributed by atoms with E-state index in [4.69, 9.17) is 4.74 Å². The van der Waals surface area contributed by atoms with Gasteiger partial charge in [-0.3, -0.25) is 4.79 Å². The first kappa shape index (κ1) is 21.0. The summed E-state index contributed by atoms with van der Waals surface area (Å²) in [6.45, 7) is 9.75. The Kier molecular flexibility index (Phi) is 7.03. The molecule has 2 N–H and O–H groups in total. The summed E-state index contributed by atoms with van der Waals surface area (Å²) in [6.07, 6.45) is -0.544. The Labute approximate surface area is 163 Å². The third kappa shape index (κ3) is 6.40. The molecule has 146 valence electrons. The molecule has 4 heteroatoms. The highest BCUT2D eigenvalue weighted by molar-refractivity contribution is 5.80. The van der Waals surface area contributed by atoms with Crippen molar-refractivity contribution in [3.8, 4) is 5.75 Å². The fourth-order valence-electron chi connectivity index (χ4n) is 2.90. The number of quaternary nitrogens is 1. The molecule has 0 aliphatic heterocycles. The van der Waals surface area contributed by atoms with Crippen molar-refractivity contribution in [3.63, 3.8) is 0 Å². The van der Waals surface area contributed by atoms with Crippen molar-refractivity contribution >= 4 is 5.91 Å². The van der Waals surface area contributed by atoms with E-state index in [1.807, 2.05) is 24.3 Å². The molecule has 0 heterocycles. The first-order valence-electron chi connectivity index (χ1n) is 9.57. The van der Waals surface area contributed by atoms with Crippen LogP contribution in [-0.4, -0.2) is 26.1 Å². The van der Waals surface area contributed by atoms with E-state index < -0.39 is 6.10 Å². The lowest BCUT2D eigenvalue weighted by Gasteiger charge is -2.20. The number of amides is 1. The van der Waals surface area contributed by atoms with Gasteiger partial charge in [-0.05, 0) is 35.6 Å². The normalized spacial score (nSPS) is 12.7. The summed E-state index contributed by atoms with van der Waals surface area (Å²) in [5.74, 6) is 0.601. The number of carbonyl (C=O) groups is 1. The van der Waals surface area contributed by atoms with E-state index in [1.54, 1.807) is 6.92 Å². The molecule has 0 radical (unpaired) electrons. The maximum absolute atomic E-state index is 12.4. The van der Waals surface area contributed by atoms with Crippen LogP contribution in [0.3, 0.4) is 0 Å². The van der Waals surface area contributed by atoms with Crippen LogP contribution < -0.4 is 15.0 Å². The number of hydrogen-bond donors (Lipinski definition) is 2. The molecule has 4 nitrogen and oxygen atoms in total. The van der Waals surface area contributed by atoms with Crippen LogP contribution in [0.2, 0.25) is 0 Å². The van der Waals surface area contributed by atoms with Gasteiger partial charge in [0.15, 0.2) is 6.10 Å². The van der Waals surface area contributed by atoms with Gasteiger partial charge in [0.25, 0.3) is 5.91 Å². The van der Waals surface area contributed by atoms with Crippen molar-refractivity contribution in [1.29, 1.82) is 0 Å². The first-order valence-corrected chi connectivity index (χ1v) is 9.57. The molecule has 0 saturated heterocycles. The van der Waals surface area contributed by atoms with Crippen molar-refractivity contribution in [2.24, 2.45) is 0 Å². The van der Waals surface area contributed by atoms with Gasteiger partial charge in [0.1, 0.15) is 12.3 Å². The largest absolute Gasteiger partial charge is 0.481 e. The molecule has 27 heavy (non-hydrogen) atoms. The quantitative estimate of drug-likeness (QED) is 0.788. The summed E-state index contributed by atoms with van der Waals surface area (Å²) in [6, 6.07) is 16.2. The lowest BCUT2D eigenvalue weighted by molar-refractivity contribution is -0.872. The predicted molar refractivity (Wildman–Crippen MR) is 110 cm³/mol. The first-order chi connectivity index (χ1) is 12.7. The highest BCUT2D eigenvalue weighted by atomic mass is 16.5. The van der Waals surface area contributed by atoms with E-state index in [9.17, 15) is 4.79 Å². The number of carbonyl (C=O) groups excluding carboxylic acids is 1. The minimum atomic E-state index is -0.544. The van der Waals surface area contributed by atoms with Crippen molar-refractivity contribution in [2.45, 2.75) is 52.3 Å². The number of benzene rings is 2. The van der Waals surface area contributed by atoms with Gasteiger partial charge in [-0.2, -0.15) is 0 Å². The Morgan fingerprint density at radius 3 is 2.19 bits per heavy atom. The molecule has 0 spiro atoms. The van der Waals surface area contributed by atoms with Crippen molar-refractivity contribution < 1.29 is 14.4 Å². The molecule has 0 saturated carbocycles. The molecule has 0 aliphatic rings. The summed E-state index contributed by atoms with van der Waals surface area (Å²) < 4.78 is 5.81. The lowest BCUT2D eigenvalue weighted by atomic mass is 9.87. The van der Waals surface area contributed by atoms with E-state index in [1.165, 1.54) is 16.0 Å². The topological polar surface area (TPSA) is 42.8 Å². The van der Waals surface area contributed by atoms with E-state index >= 15 is 0 Å². The molecule has 0 bridgehead atoms. The van der Waals surface area contributed by atoms with E-state index in [0.717, 1.165) is 12.1 Å². The zero-order valence-corrected chi connectivity index (χ0v) is 17.4. The Bertz CT molecular complexity index is 746. The minimum Gasteiger partial charge on any atom is -0.481 e. The molecule has 2 rings (SSSR count). The average molecular weight is 370 g/mol. The molecule has 2 aromatic carbocycles. The van der Waals surface area contributed by atoms with Crippen molar-refractivity contribution in [2.75, 3.05) is 14.1 Å². The third-order valence-electron chi connectivity index (χ3n) is 4.52. The van der Waals surface area contributed by atoms with Gasteiger partial charge in [-0.15, -0.1) is 0 Å². The molecular formula is C23H33N2O2+. The summed E-state index contributed by atoms with van der Waals surface area (Å²) in [4.78, 5) is 13.8. The number of rotatable bonds is 7. The monoisotopic (exact) mass is 369 g/mol. The Balaban J connectivity index is 1.93. The zero-order valence-electron chi connectivity index (χ0n) is 17.4. The van der Waals surface area contributed by atoms with Crippen LogP contribution in [0.15, 0.2) is 48.5 Å². The second-order valence-electron chi connectivity index (χ2n) is 8.40. The van der Waals surface area contributed by atoms with Crippen LogP contribution in [0.5, 0.6) is 5.75 Å². The van der Waals surface area contributed by atoms with Gasteiger partial charge >= 0.3 is 0 Å². The van der Waals surface area contributed by atoms with Gasteiger partial charge in [0.05, 0.1) is 14.1 Å². The van der Waals surface area contributed by atoms with Crippen LogP contribution in [0.25, 0.3) is 0 Å². The number of ether oxygens (including phenoxy) is 1. The van der Waals surface area contributed by atoms with Gasteiger partial charge in [-0.25, -0.2) is 0 Å². The van der Waals surface area contributed by atoms with Crippen LogP contribution in [0.1, 0.15) is 44.4 Å². The Morgan fingerprint density at radius 2 is 1.63 bits per heavy atom. The Morgan fingerprint density at radius 1 is 1.04 bits per heavy atom. The molecule has 0 aliphatic carbocycles. The zero-order chi connectivity index (χ0) is 20.0. The molecule has 0 fully saturated rings. The van der Waals surface area contributed by atoms with Gasteiger partial charge in [0.2, 0.25) is 0 Å². The fourth-order valence-corrected chi connectivity index (χ4v) is 2.90. The highest BCUT2D eigenvalue weighted by Crippen LogP contribution is 2.24. The maximum atomic E-state index is 12.4. The molecular weight excluding hydrogens is 336 g/mol. The summed E-state index contributed by atoms with van der Waals surface area (Å²) in [5, 5.41) is 3.00. The van der Waals surface area contributed by atoms with Gasteiger partial charge in [-0.1, -0.05) is 57.2 Å². The SMILES string of the molecule is C[C@@H](Oc1ccc(C(C)(C)C)cc1)C(=O)NCc1ccccc1C[NH+](C)C. The Hall–Kier alpha value is -2.33. The molecule has 2 aromatic rings. The predicted octanol–water partition coefficient (Wildman–Crippen LogP) is 2.71. The standard InChI is InChI=1S/C23H32N2O2/c1-17(27-21-13-11-20(12-14-21)23(2,3)4)22(26)24-15-18-9-7-8-10-19(18)16-25(5)6/h7-14,17H,15-16H2,1-6H3,(H,24,26)/p+1/t17-/m1/s1. The van der Waals surface area contributed by atoms with Crippen LogP contribution in [0, 0.1) is 0 Å². The molecule has 0 aromatic heterocycles. The molecule has 1 atom stereocenters. The smallest absolute Gasteiger partial charge is 0.261 e. The fraction of sp³-hybridized carbons (Fsp3) is 0.435. The summed E-state index contributed by atoms with van der Waals surface area (Å²) in [7, 11) is 4.24. The second kappa shape index (κ2) is 9.05. The summed E-state index contributed by atoms with van der Waals surface area (Å²) in [5.41, 5.74) is 3.74. The average Bonchev–Trinajstić information content (AvgIpc) is 2.60. The van der Waals surface area contributed by atoms with Crippen molar-refractivity contribution in [3.05, 3.63) is 65.2 Å². The van der Waals surface area contributed by atoms with Crippen molar-refractivity contribution in [1.82, 2.24) is 5.32 Å². The van der Waals surface area contributed by atoms with E-state index in [-0.39, 0.29) is 11.3 Å². The number of nitrogens with one attached hydrogen (secondary N) is 2. The molecule has 1 amide bonds. The summed E-state index contributed by atoms with van der Waals surface area (Å²) >= 11 is 0. The second-order valence-corrected chi connectivity index (χ2v) is 8.40. The van der Waals surface area contributed by atoms with E-state index in [0.29, 0.717) is 12.3 Å². The van der Waals surface area contributed by atoms with Crippen LogP contribution in [0.4, 0.5) is 0 Å².